The Morgan fingerprint density at radius 3 is 2.38 bits per heavy atom. The third-order valence-corrected chi connectivity index (χ3v) is 5.64. The third-order valence-electron chi connectivity index (χ3n) is 4.06. The molecule has 0 aliphatic rings. The highest BCUT2D eigenvalue weighted by Crippen LogP contribution is 2.18. The molecule has 0 saturated carbocycles. The summed E-state index contributed by atoms with van der Waals surface area (Å²) in [5.41, 5.74) is 0.896. The van der Waals surface area contributed by atoms with E-state index in [-0.39, 0.29) is 27.0 Å². The van der Waals surface area contributed by atoms with Crippen LogP contribution in [0, 0.1) is 6.92 Å². The number of benzene rings is 2. The minimum atomic E-state index is -3.85. The van der Waals surface area contributed by atoms with Crippen LogP contribution in [0.1, 0.15) is 26.5 Å². The molecule has 0 atom stereocenters. The first-order valence-corrected chi connectivity index (χ1v) is 10.9. The normalized spacial score (nSPS) is 10.8. The molecule has 166 valence electrons. The highest BCUT2D eigenvalue weighted by Gasteiger charge is 2.17. The lowest BCUT2D eigenvalue weighted by Crippen LogP contribution is -2.34. The molecule has 0 bridgehead atoms. The number of nitrogens with zero attached hydrogens (tertiary/aromatic N) is 1. The van der Waals surface area contributed by atoms with Crippen molar-refractivity contribution in [2.45, 2.75) is 11.8 Å². The summed E-state index contributed by atoms with van der Waals surface area (Å²) >= 11 is 5.13. The number of anilines is 2. The molecule has 0 aliphatic heterocycles. The predicted octanol–water partition coefficient (Wildman–Crippen LogP) is 2.70. The first kappa shape index (κ1) is 22.9. The summed E-state index contributed by atoms with van der Waals surface area (Å²) in [5.74, 6) is -0.553. The molecule has 1 aromatic heterocycles. The molecule has 0 saturated heterocycles. The van der Waals surface area contributed by atoms with Crippen LogP contribution in [-0.4, -0.2) is 37.7 Å². The Balaban J connectivity index is 1.62. The Kier molecular flexibility index (Phi) is 6.85. The summed E-state index contributed by atoms with van der Waals surface area (Å²) in [4.78, 5) is 24.0. The number of esters is 1. The van der Waals surface area contributed by atoms with E-state index in [1.54, 1.807) is 13.0 Å². The minimum absolute atomic E-state index is 0.00159. The van der Waals surface area contributed by atoms with E-state index in [0.29, 0.717) is 11.4 Å². The number of methoxy groups -OCH3 is 1. The van der Waals surface area contributed by atoms with Crippen LogP contribution in [0.2, 0.25) is 0 Å². The van der Waals surface area contributed by atoms with Crippen LogP contribution in [0.3, 0.4) is 0 Å². The van der Waals surface area contributed by atoms with Crippen molar-refractivity contribution in [3.8, 4) is 0 Å². The molecular weight excluding hydrogens is 456 g/mol. The molecule has 3 rings (SSSR count). The fourth-order valence-electron chi connectivity index (χ4n) is 2.57. The zero-order valence-corrected chi connectivity index (χ0v) is 18.5. The van der Waals surface area contributed by atoms with E-state index in [1.165, 1.54) is 55.6 Å². The van der Waals surface area contributed by atoms with Crippen molar-refractivity contribution in [1.29, 1.82) is 0 Å². The van der Waals surface area contributed by atoms with Gasteiger partial charge < -0.3 is 14.6 Å². The highest BCUT2D eigenvalue weighted by molar-refractivity contribution is 7.92. The maximum absolute atomic E-state index is 12.4. The van der Waals surface area contributed by atoms with E-state index < -0.39 is 21.9 Å². The summed E-state index contributed by atoms with van der Waals surface area (Å²) in [6.45, 7) is 1.64. The van der Waals surface area contributed by atoms with Crippen LogP contribution in [0.4, 0.5) is 11.5 Å². The van der Waals surface area contributed by atoms with Gasteiger partial charge in [-0.05, 0) is 61.6 Å². The molecule has 3 aromatic rings. The second-order valence-corrected chi connectivity index (χ2v) is 8.52. The molecule has 0 aliphatic carbocycles. The molecule has 12 heteroatoms. The lowest BCUT2D eigenvalue weighted by molar-refractivity contribution is 0.0600. The summed E-state index contributed by atoms with van der Waals surface area (Å²) in [6.07, 6.45) is 0. The number of aromatic nitrogens is 1. The summed E-state index contributed by atoms with van der Waals surface area (Å²) < 4.78 is 36.6. The van der Waals surface area contributed by atoms with E-state index in [2.05, 4.69) is 25.2 Å². The van der Waals surface area contributed by atoms with Gasteiger partial charge in [0.1, 0.15) is 5.76 Å². The number of ether oxygens (including phenoxy) is 1. The van der Waals surface area contributed by atoms with Gasteiger partial charge in [-0.2, -0.15) is 0 Å². The second kappa shape index (κ2) is 9.58. The zero-order chi connectivity index (χ0) is 23.3. The zero-order valence-electron chi connectivity index (χ0n) is 16.9. The van der Waals surface area contributed by atoms with E-state index in [9.17, 15) is 18.0 Å². The number of carbonyl (C=O) groups is 2. The Hall–Kier alpha value is -3.77. The van der Waals surface area contributed by atoms with Gasteiger partial charge in [0.25, 0.3) is 15.9 Å². The molecule has 1 heterocycles. The lowest BCUT2D eigenvalue weighted by atomic mass is 10.1. The van der Waals surface area contributed by atoms with Gasteiger partial charge in [-0.15, -0.1) is 0 Å². The van der Waals surface area contributed by atoms with E-state index >= 15 is 0 Å². The SMILES string of the molecule is COC(=O)c1cccc(C(=O)NC(=S)Nc2ccc(S(=O)(=O)Nc3cc(C)on3)cc2)c1. The Morgan fingerprint density at radius 2 is 1.75 bits per heavy atom. The number of sulfonamides is 1. The molecule has 10 nitrogen and oxygen atoms in total. The van der Waals surface area contributed by atoms with Crippen LogP contribution >= 0.6 is 12.2 Å². The van der Waals surface area contributed by atoms with E-state index in [0.717, 1.165) is 0 Å². The van der Waals surface area contributed by atoms with E-state index in [1.807, 2.05) is 0 Å². The van der Waals surface area contributed by atoms with Crippen LogP contribution in [0.25, 0.3) is 0 Å². The Bertz CT molecular complexity index is 1270. The third kappa shape index (κ3) is 5.68. The van der Waals surface area contributed by atoms with Crippen molar-refractivity contribution in [2.75, 3.05) is 17.1 Å². The smallest absolute Gasteiger partial charge is 0.337 e. The van der Waals surface area contributed by atoms with Crippen molar-refractivity contribution in [3.05, 3.63) is 71.5 Å². The first-order chi connectivity index (χ1) is 15.2. The van der Waals surface area contributed by atoms with Crippen LogP contribution in [-0.2, 0) is 14.8 Å². The van der Waals surface area contributed by atoms with Gasteiger partial charge in [0.15, 0.2) is 10.9 Å². The van der Waals surface area contributed by atoms with Gasteiger partial charge >= 0.3 is 5.97 Å². The largest absolute Gasteiger partial charge is 0.465 e. The van der Waals surface area contributed by atoms with Gasteiger partial charge in [-0.1, -0.05) is 11.2 Å². The predicted molar refractivity (Wildman–Crippen MR) is 120 cm³/mol. The van der Waals surface area contributed by atoms with Gasteiger partial charge in [-0.3, -0.25) is 14.8 Å². The number of carbonyl (C=O) groups excluding carboxylic acids is 2. The fourth-order valence-corrected chi connectivity index (χ4v) is 3.77. The van der Waals surface area contributed by atoms with Crippen molar-refractivity contribution in [3.63, 3.8) is 0 Å². The highest BCUT2D eigenvalue weighted by atomic mass is 32.2. The van der Waals surface area contributed by atoms with Crippen molar-refractivity contribution >= 4 is 50.7 Å². The second-order valence-electron chi connectivity index (χ2n) is 6.43. The Morgan fingerprint density at radius 1 is 1.06 bits per heavy atom. The van der Waals surface area contributed by atoms with Gasteiger partial charge in [0.05, 0.1) is 17.6 Å². The van der Waals surface area contributed by atoms with Crippen molar-refractivity contribution in [2.24, 2.45) is 0 Å². The number of hydrogen-bond acceptors (Lipinski definition) is 8. The number of amides is 1. The van der Waals surface area contributed by atoms with Crippen LogP contribution < -0.4 is 15.4 Å². The maximum Gasteiger partial charge on any atom is 0.337 e. The topological polar surface area (TPSA) is 140 Å². The molecule has 0 fully saturated rings. The van der Waals surface area contributed by atoms with Crippen molar-refractivity contribution < 1.29 is 27.3 Å². The minimum Gasteiger partial charge on any atom is -0.465 e. The number of hydrogen-bond donors (Lipinski definition) is 3. The fraction of sp³-hybridized carbons (Fsp3) is 0.100. The molecule has 1 amide bonds. The quantitative estimate of drug-likeness (QED) is 0.363. The number of nitrogens with one attached hydrogen (secondary N) is 3. The average Bonchev–Trinajstić information content (AvgIpc) is 3.17. The molecule has 2 aromatic carbocycles. The Labute approximate surface area is 189 Å². The maximum atomic E-state index is 12.4. The molecule has 3 N–H and O–H groups in total. The number of rotatable bonds is 6. The van der Waals surface area contributed by atoms with Crippen LogP contribution in [0.15, 0.2) is 64.0 Å². The summed E-state index contributed by atoms with van der Waals surface area (Å²) in [7, 11) is -2.61. The van der Waals surface area contributed by atoms with Gasteiger partial charge in [-0.25, -0.2) is 13.2 Å². The lowest BCUT2D eigenvalue weighted by Gasteiger charge is -2.11. The monoisotopic (exact) mass is 474 g/mol. The molecule has 0 spiro atoms. The number of thiocarbonyl (C=S) groups is 1. The molecule has 32 heavy (non-hydrogen) atoms. The molecular formula is C20H18N4O6S2. The molecule has 0 unspecified atom stereocenters. The number of aryl methyl sites for hydroxylation is 1. The van der Waals surface area contributed by atoms with Gasteiger partial charge in [0, 0.05) is 17.3 Å². The van der Waals surface area contributed by atoms with Crippen LogP contribution in [0.5, 0.6) is 0 Å². The van der Waals surface area contributed by atoms with Gasteiger partial charge in [0.2, 0.25) is 0 Å². The van der Waals surface area contributed by atoms with Crippen molar-refractivity contribution in [1.82, 2.24) is 10.5 Å². The molecule has 0 radical (unpaired) electrons. The summed E-state index contributed by atoms with van der Waals surface area (Å²) in [5, 5.41) is 8.86. The standard InChI is InChI=1S/C20H18N4O6S2/c1-12-10-17(23-30-12)24-32(27,28)16-8-6-15(7-9-16)21-20(31)22-18(25)13-4-3-5-14(11-13)19(26)29-2/h3-11H,1-2H3,(H,23,24)(H2,21,22,25,31). The first-order valence-electron chi connectivity index (χ1n) is 9.05. The summed E-state index contributed by atoms with van der Waals surface area (Å²) in [6, 6.07) is 13.1. The average molecular weight is 475 g/mol. The van der Waals surface area contributed by atoms with E-state index in [4.69, 9.17) is 16.7 Å².